The van der Waals surface area contributed by atoms with Crippen LogP contribution in [-0.4, -0.2) is 30.8 Å². The minimum Gasteiger partial charge on any atom is -0.300 e. The molecule has 0 heterocycles. The minimum absolute atomic E-state index is 0.0587. The fourth-order valence-corrected chi connectivity index (χ4v) is 1.58. The van der Waals surface area contributed by atoms with Crippen molar-refractivity contribution in [3.8, 4) is 0 Å². The van der Waals surface area contributed by atoms with Crippen molar-refractivity contribution >= 4 is 29.0 Å². The number of likely N-dealkylation sites (N-methyl/N-ethyl adjacent to an activating group) is 1. The first-order valence-corrected chi connectivity index (χ1v) is 5.63. The van der Waals surface area contributed by atoms with Gasteiger partial charge in [0.15, 0.2) is 5.78 Å². The van der Waals surface area contributed by atoms with Crippen LogP contribution in [0.5, 0.6) is 0 Å². The molecule has 1 unspecified atom stereocenters. The molecule has 0 aliphatic heterocycles. The van der Waals surface area contributed by atoms with E-state index < -0.39 is 0 Å². The van der Waals surface area contributed by atoms with Gasteiger partial charge in [0.2, 0.25) is 0 Å². The quantitative estimate of drug-likeness (QED) is 0.828. The third-order valence-electron chi connectivity index (χ3n) is 2.36. The average Bonchev–Trinajstić information content (AvgIpc) is 2.22. The largest absolute Gasteiger partial charge is 0.300 e. The molecule has 0 bridgehead atoms. The van der Waals surface area contributed by atoms with Crippen LogP contribution in [0, 0.1) is 6.92 Å². The van der Waals surface area contributed by atoms with E-state index in [2.05, 4.69) is 6.92 Å². The van der Waals surface area contributed by atoms with Crippen LogP contribution >= 0.6 is 23.2 Å². The van der Waals surface area contributed by atoms with E-state index in [0.717, 1.165) is 5.56 Å². The Morgan fingerprint density at radius 1 is 1.38 bits per heavy atom. The predicted molar refractivity (Wildman–Crippen MR) is 68.0 cm³/mol. The molecule has 0 aliphatic rings. The van der Waals surface area contributed by atoms with Crippen molar-refractivity contribution in [2.45, 2.75) is 12.5 Å². The Labute approximate surface area is 106 Å². The summed E-state index contributed by atoms with van der Waals surface area (Å²) >= 11 is 11.7. The number of carbonyl (C=O) groups is 1. The zero-order chi connectivity index (χ0) is 12.3. The first kappa shape index (κ1) is 13.5. The number of carbonyl (C=O) groups excluding carboxylic acids is 1. The van der Waals surface area contributed by atoms with E-state index in [9.17, 15) is 4.79 Å². The zero-order valence-corrected chi connectivity index (χ0v) is 10.8. The maximum absolute atomic E-state index is 11.8. The van der Waals surface area contributed by atoms with Gasteiger partial charge in [0.1, 0.15) is 0 Å². The Morgan fingerprint density at radius 3 is 2.50 bits per heavy atom. The Balaban J connectivity index is 2.74. The molecule has 0 saturated heterocycles. The molecule has 0 spiro atoms. The number of rotatable bonds is 4. The highest BCUT2D eigenvalue weighted by atomic mass is 35.5. The average molecular weight is 259 g/mol. The van der Waals surface area contributed by atoms with Crippen LogP contribution in [0.15, 0.2) is 18.2 Å². The van der Waals surface area contributed by atoms with Gasteiger partial charge in [0, 0.05) is 6.42 Å². The number of ketones is 1. The van der Waals surface area contributed by atoms with Crippen molar-refractivity contribution < 1.29 is 4.79 Å². The number of halogens is 2. The monoisotopic (exact) mass is 258 g/mol. The van der Waals surface area contributed by atoms with E-state index in [1.165, 1.54) is 0 Å². The molecule has 0 saturated carbocycles. The summed E-state index contributed by atoms with van der Waals surface area (Å²) in [6.07, 6.45) is 0.323. The summed E-state index contributed by atoms with van der Waals surface area (Å²) in [7, 11) is 3.65. The normalized spacial score (nSPS) is 12.9. The van der Waals surface area contributed by atoms with Gasteiger partial charge in [0.25, 0.3) is 0 Å². The third-order valence-corrected chi connectivity index (χ3v) is 3.10. The lowest BCUT2D eigenvalue weighted by molar-refractivity contribution is -0.121. The lowest BCUT2D eigenvalue weighted by Gasteiger charge is -2.18. The van der Waals surface area contributed by atoms with Crippen LogP contribution in [0.25, 0.3) is 0 Å². The van der Waals surface area contributed by atoms with Crippen molar-refractivity contribution in [1.29, 1.82) is 0 Å². The van der Waals surface area contributed by atoms with Crippen molar-refractivity contribution in [3.05, 3.63) is 40.7 Å². The minimum atomic E-state index is -0.338. The van der Waals surface area contributed by atoms with Gasteiger partial charge in [-0.05, 0) is 38.7 Å². The maximum atomic E-state index is 11.8. The van der Waals surface area contributed by atoms with Crippen LogP contribution in [0.1, 0.15) is 5.56 Å². The van der Waals surface area contributed by atoms with Crippen molar-refractivity contribution in [3.63, 3.8) is 0 Å². The SMILES string of the molecule is [CH2]C(C(=O)Cc1ccc(Cl)c(Cl)c1)N(C)C. The van der Waals surface area contributed by atoms with E-state index in [0.29, 0.717) is 16.5 Å². The second-order valence-corrected chi connectivity index (χ2v) is 4.69. The van der Waals surface area contributed by atoms with Gasteiger partial charge in [-0.1, -0.05) is 29.3 Å². The highest BCUT2D eigenvalue weighted by molar-refractivity contribution is 6.42. The second-order valence-electron chi connectivity index (χ2n) is 3.87. The summed E-state index contributed by atoms with van der Waals surface area (Å²) in [6, 6.07) is 4.87. The number of nitrogens with zero attached hydrogens (tertiary/aromatic N) is 1. The van der Waals surface area contributed by atoms with Crippen molar-refractivity contribution in [1.82, 2.24) is 4.90 Å². The Morgan fingerprint density at radius 2 is 2.00 bits per heavy atom. The summed E-state index contributed by atoms with van der Waals surface area (Å²) in [5.41, 5.74) is 0.856. The molecule has 87 valence electrons. The van der Waals surface area contributed by atoms with E-state index >= 15 is 0 Å². The molecule has 0 aliphatic carbocycles. The summed E-state index contributed by atoms with van der Waals surface area (Å²) in [5.74, 6) is 0.0587. The molecule has 0 aromatic heterocycles. The predicted octanol–water partition coefficient (Wildman–Crippen LogP) is 2.87. The molecular formula is C12H14Cl2NO. The summed E-state index contributed by atoms with van der Waals surface area (Å²) in [4.78, 5) is 13.5. The maximum Gasteiger partial charge on any atom is 0.154 e. The molecule has 16 heavy (non-hydrogen) atoms. The van der Waals surface area contributed by atoms with Crippen LogP contribution in [0.4, 0.5) is 0 Å². The van der Waals surface area contributed by atoms with Crippen molar-refractivity contribution in [2.24, 2.45) is 0 Å². The Kier molecular flexibility index (Phi) is 4.78. The van der Waals surface area contributed by atoms with Crippen molar-refractivity contribution in [2.75, 3.05) is 14.1 Å². The van der Waals surface area contributed by atoms with Crippen LogP contribution in [0.3, 0.4) is 0 Å². The molecule has 2 nitrogen and oxygen atoms in total. The molecule has 4 heteroatoms. The van der Waals surface area contributed by atoms with Crippen LogP contribution in [0.2, 0.25) is 10.0 Å². The smallest absolute Gasteiger partial charge is 0.154 e. The number of hydrogen-bond acceptors (Lipinski definition) is 2. The van der Waals surface area contributed by atoms with Gasteiger partial charge in [-0.15, -0.1) is 0 Å². The van der Waals surface area contributed by atoms with Crippen LogP contribution < -0.4 is 0 Å². The van der Waals surface area contributed by atoms with Gasteiger partial charge >= 0.3 is 0 Å². The number of Topliss-reactive ketones (excluding diaryl/α,β-unsaturated/α-hetero) is 1. The van der Waals surface area contributed by atoms with E-state index in [1.54, 1.807) is 23.1 Å². The molecule has 1 aromatic carbocycles. The van der Waals surface area contributed by atoms with Gasteiger partial charge in [-0.2, -0.15) is 0 Å². The molecule has 0 fully saturated rings. The molecule has 1 atom stereocenters. The molecular weight excluding hydrogens is 245 g/mol. The highest BCUT2D eigenvalue weighted by Gasteiger charge is 2.15. The molecule has 1 aromatic rings. The van der Waals surface area contributed by atoms with Gasteiger partial charge < -0.3 is 0 Å². The third kappa shape index (κ3) is 3.48. The fraction of sp³-hybridized carbons (Fsp3) is 0.333. The topological polar surface area (TPSA) is 20.3 Å². The molecule has 1 rings (SSSR count). The van der Waals surface area contributed by atoms with E-state index in [-0.39, 0.29) is 11.8 Å². The van der Waals surface area contributed by atoms with E-state index in [4.69, 9.17) is 23.2 Å². The molecule has 1 radical (unpaired) electrons. The Bertz CT molecular complexity index is 391. The van der Waals surface area contributed by atoms with Gasteiger partial charge in [-0.3, -0.25) is 9.69 Å². The standard InChI is InChI=1S/C12H14Cl2NO/c1-8(15(2)3)12(16)7-9-4-5-10(13)11(14)6-9/h4-6,8H,1,7H2,2-3H3. The lowest BCUT2D eigenvalue weighted by atomic mass is 10.0. The number of hydrogen-bond donors (Lipinski definition) is 0. The molecule has 0 N–H and O–H groups in total. The lowest BCUT2D eigenvalue weighted by Crippen LogP contribution is -2.34. The fourth-order valence-electron chi connectivity index (χ4n) is 1.26. The molecule has 0 amide bonds. The highest BCUT2D eigenvalue weighted by Crippen LogP contribution is 2.23. The van der Waals surface area contributed by atoms with Crippen LogP contribution in [-0.2, 0) is 11.2 Å². The summed E-state index contributed by atoms with van der Waals surface area (Å²) < 4.78 is 0. The Hall–Kier alpha value is -0.570. The summed E-state index contributed by atoms with van der Waals surface area (Å²) in [6.45, 7) is 3.79. The zero-order valence-electron chi connectivity index (χ0n) is 9.34. The second kappa shape index (κ2) is 5.67. The first-order chi connectivity index (χ1) is 7.41. The van der Waals surface area contributed by atoms with Gasteiger partial charge in [0.05, 0.1) is 16.1 Å². The number of benzene rings is 1. The van der Waals surface area contributed by atoms with Gasteiger partial charge in [-0.25, -0.2) is 0 Å². The first-order valence-electron chi connectivity index (χ1n) is 4.88. The van der Waals surface area contributed by atoms with E-state index in [1.807, 2.05) is 14.1 Å². The summed E-state index contributed by atoms with van der Waals surface area (Å²) in [5, 5.41) is 0.967.